The third kappa shape index (κ3) is 0.932. The molecule has 1 N–H and O–H groups in total. The molecule has 4 aliphatic rings. The molecule has 5 atom stereocenters. The normalized spacial score (nSPS) is 55.1. The van der Waals surface area contributed by atoms with E-state index in [0.29, 0.717) is 23.7 Å². The summed E-state index contributed by atoms with van der Waals surface area (Å²) in [7, 11) is 0. The molecule has 4 rings (SSSR count). The molecule has 0 aromatic carbocycles. The largest absolute Gasteiger partial charge is 0.389 e. The van der Waals surface area contributed by atoms with E-state index < -0.39 is 0 Å². The minimum absolute atomic E-state index is 0.165. The second-order valence-electron chi connectivity index (χ2n) is 6.95. The van der Waals surface area contributed by atoms with Crippen molar-refractivity contribution in [2.24, 2.45) is 29.1 Å². The molecule has 0 aromatic rings. The Morgan fingerprint density at radius 2 is 2.06 bits per heavy atom. The SMILES string of the molecule is C=C1CC[C@@]2(O)[C@H]3[C@@H]1[C@]2(C)CC[C@H]3C(C)C. The molecule has 0 heterocycles. The van der Waals surface area contributed by atoms with Crippen molar-refractivity contribution >= 4 is 0 Å². The first kappa shape index (κ1) is 10.8. The predicted molar refractivity (Wildman–Crippen MR) is 66.0 cm³/mol. The lowest BCUT2D eigenvalue weighted by atomic mass is 9.31. The maximum absolute atomic E-state index is 11.0. The van der Waals surface area contributed by atoms with E-state index in [-0.39, 0.29) is 11.0 Å². The highest BCUT2D eigenvalue weighted by molar-refractivity contribution is 5.33. The molecule has 0 aliphatic heterocycles. The number of aliphatic hydroxyl groups is 1. The van der Waals surface area contributed by atoms with Crippen molar-refractivity contribution in [3.63, 3.8) is 0 Å². The highest BCUT2D eigenvalue weighted by atomic mass is 16.3. The van der Waals surface area contributed by atoms with Crippen LogP contribution < -0.4 is 0 Å². The van der Waals surface area contributed by atoms with Crippen LogP contribution in [0.5, 0.6) is 0 Å². The highest BCUT2D eigenvalue weighted by Gasteiger charge is 2.74. The maximum atomic E-state index is 11.0. The molecule has 0 amide bonds. The van der Waals surface area contributed by atoms with Crippen molar-refractivity contribution < 1.29 is 5.11 Å². The van der Waals surface area contributed by atoms with Crippen LogP contribution in [0.1, 0.15) is 46.5 Å². The summed E-state index contributed by atoms with van der Waals surface area (Å²) in [5.74, 6) is 2.56. The van der Waals surface area contributed by atoms with E-state index in [9.17, 15) is 5.11 Å². The van der Waals surface area contributed by atoms with Gasteiger partial charge in [0.1, 0.15) is 0 Å². The van der Waals surface area contributed by atoms with Gasteiger partial charge >= 0.3 is 0 Å². The van der Waals surface area contributed by atoms with E-state index in [4.69, 9.17) is 0 Å². The van der Waals surface area contributed by atoms with Crippen LogP contribution in [0, 0.1) is 29.1 Å². The van der Waals surface area contributed by atoms with Gasteiger partial charge < -0.3 is 5.11 Å². The molecule has 4 saturated carbocycles. The molecular formula is C15H24O. The fourth-order valence-corrected chi connectivity index (χ4v) is 5.26. The standard InChI is InChI=1S/C15H24O/c1-9(2)11-6-7-14(4)12-10(3)5-8-15(14,16)13(11)12/h9,11-13,16H,3,5-8H2,1-2,4H3/t11-,12+,13+,14-,15+/m0/s1. The Labute approximate surface area is 98.9 Å². The topological polar surface area (TPSA) is 20.2 Å². The van der Waals surface area contributed by atoms with E-state index in [1.54, 1.807) is 0 Å². The van der Waals surface area contributed by atoms with Crippen LogP contribution in [0.2, 0.25) is 0 Å². The van der Waals surface area contributed by atoms with Gasteiger partial charge in [-0.2, -0.15) is 0 Å². The van der Waals surface area contributed by atoms with E-state index >= 15 is 0 Å². The van der Waals surface area contributed by atoms with Crippen LogP contribution in [0.25, 0.3) is 0 Å². The average Bonchev–Trinajstić information content (AvgIpc) is 2.22. The Kier molecular flexibility index (Phi) is 1.98. The smallest absolute Gasteiger partial charge is 0.0746 e. The Bertz CT molecular complexity index is 345. The Balaban J connectivity index is 2.01. The second kappa shape index (κ2) is 2.93. The molecule has 1 heteroatoms. The Morgan fingerprint density at radius 1 is 1.38 bits per heavy atom. The zero-order valence-electron chi connectivity index (χ0n) is 10.8. The third-order valence-corrected chi connectivity index (χ3v) is 6.17. The monoisotopic (exact) mass is 220 g/mol. The third-order valence-electron chi connectivity index (χ3n) is 6.17. The Hall–Kier alpha value is -0.300. The summed E-state index contributed by atoms with van der Waals surface area (Å²) in [6.07, 6.45) is 4.53. The van der Waals surface area contributed by atoms with Crippen molar-refractivity contribution in [1.82, 2.24) is 0 Å². The molecule has 90 valence electrons. The fraction of sp³-hybridized carbons (Fsp3) is 0.867. The number of rotatable bonds is 1. The van der Waals surface area contributed by atoms with Gasteiger partial charge in [-0.1, -0.05) is 32.9 Å². The average molecular weight is 220 g/mol. The first-order chi connectivity index (χ1) is 7.42. The molecule has 0 radical (unpaired) electrons. The molecular weight excluding hydrogens is 196 g/mol. The molecule has 16 heavy (non-hydrogen) atoms. The van der Waals surface area contributed by atoms with E-state index in [1.807, 2.05) is 0 Å². The molecule has 4 aliphatic carbocycles. The van der Waals surface area contributed by atoms with Gasteiger partial charge in [-0.05, 0) is 49.4 Å². The quantitative estimate of drug-likeness (QED) is 0.672. The maximum Gasteiger partial charge on any atom is 0.0746 e. The van der Waals surface area contributed by atoms with E-state index in [2.05, 4.69) is 27.4 Å². The number of allylic oxidation sites excluding steroid dienone is 1. The molecule has 0 unspecified atom stereocenters. The van der Waals surface area contributed by atoms with Gasteiger partial charge in [0.2, 0.25) is 0 Å². The van der Waals surface area contributed by atoms with Crippen molar-refractivity contribution in [1.29, 1.82) is 0 Å². The van der Waals surface area contributed by atoms with Gasteiger partial charge in [-0.3, -0.25) is 0 Å². The van der Waals surface area contributed by atoms with Gasteiger partial charge in [0, 0.05) is 5.41 Å². The number of hydrogen-bond acceptors (Lipinski definition) is 1. The van der Waals surface area contributed by atoms with Crippen LogP contribution in [0.15, 0.2) is 12.2 Å². The lowest BCUT2D eigenvalue weighted by Crippen LogP contribution is -2.76. The van der Waals surface area contributed by atoms with Crippen molar-refractivity contribution in [3.8, 4) is 0 Å². The van der Waals surface area contributed by atoms with Gasteiger partial charge in [0.15, 0.2) is 0 Å². The summed E-state index contributed by atoms with van der Waals surface area (Å²) in [5, 5.41) is 11.0. The molecule has 0 aromatic heterocycles. The van der Waals surface area contributed by atoms with Crippen LogP contribution in [-0.4, -0.2) is 10.7 Å². The lowest BCUT2D eigenvalue weighted by Gasteiger charge is -2.75. The minimum atomic E-state index is -0.355. The van der Waals surface area contributed by atoms with Crippen LogP contribution >= 0.6 is 0 Å². The summed E-state index contributed by atoms with van der Waals surface area (Å²) >= 11 is 0. The highest BCUT2D eigenvalue weighted by Crippen LogP contribution is 2.74. The summed E-state index contributed by atoms with van der Waals surface area (Å²) in [6.45, 7) is 11.2. The second-order valence-corrected chi connectivity index (χ2v) is 6.95. The van der Waals surface area contributed by atoms with Crippen molar-refractivity contribution in [2.45, 2.75) is 52.1 Å². The first-order valence-corrected chi connectivity index (χ1v) is 6.82. The molecule has 0 spiro atoms. The molecule has 0 saturated heterocycles. The summed E-state index contributed by atoms with van der Waals surface area (Å²) < 4.78 is 0. The van der Waals surface area contributed by atoms with E-state index in [0.717, 1.165) is 12.8 Å². The van der Waals surface area contributed by atoms with Gasteiger partial charge in [0.05, 0.1) is 5.60 Å². The Morgan fingerprint density at radius 3 is 2.69 bits per heavy atom. The number of fused-ring (bicyclic) bond motifs is 2. The fourth-order valence-electron chi connectivity index (χ4n) is 5.26. The predicted octanol–water partition coefficient (Wildman–Crippen LogP) is 3.39. The lowest BCUT2D eigenvalue weighted by molar-refractivity contribution is -0.311. The van der Waals surface area contributed by atoms with E-state index in [1.165, 1.54) is 18.4 Å². The summed E-state index contributed by atoms with van der Waals surface area (Å²) in [6, 6.07) is 0. The zero-order chi connectivity index (χ0) is 11.7. The van der Waals surface area contributed by atoms with Gasteiger partial charge in [0.25, 0.3) is 0 Å². The molecule has 1 nitrogen and oxygen atoms in total. The van der Waals surface area contributed by atoms with Crippen LogP contribution in [0.3, 0.4) is 0 Å². The number of hydrogen-bond donors (Lipinski definition) is 1. The van der Waals surface area contributed by atoms with Gasteiger partial charge in [-0.25, -0.2) is 0 Å². The van der Waals surface area contributed by atoms with Gasteiger partial charge in [-0.15, -0.1) is 0 Å². The summed E-state index contributed by atoms with van der Waals surface area (Å²) in [5.41, 5.74) is 1.23. The minimum Gasteiger partial charge on any atom is -0.389 e. The van der Waals surface area contributed by atoms with Crippen LogP contribution in [0.4, 0.5) is 0 Å². The van der Waals surface area contributed by atoms with Crippen molar-refractivity contribution in [2.75, 3.05) is 0 Å². The summed E-state index contributed by atoms with van der Waals surface area (Å²) in [4.78, 5) is 0. The molecule has 4 fully saturated rings. The molecule has 4 bridgehead atoms. The van der Waals surface area contributed by atoms with Crippen LogP contribution in [-0.2, 0) is 0 Å². The zero-order valence-corrected chi connectivity index (χ0v) is 10.8. The first-order valence-electron chi connectivity index (χ1n) is 6.82. The van der Waals surface area contributed by atoms with Crippen molar-refractivity contribution in [3.05, 3.63) is 12.2 Å².